The number of hydrogen-bond donors (Lipinski definition) is 2. The van der Waals surface area contributed by atoms with E-state index in [-0.39, 0.29) is 18.3 Å². The second-order valence-corrected chi connectivity index (χ2v) is 7.55. The van der Waals surface area contributed by atoms with Crippen LogP contribution in [0.15, 0.2) is 59.3 Å². The molecule has 1 saturated heterocycles. The number of fused-ring (bicyclic) bond motifs is 1. The molecular weight excluding hydrogens is 394 g/mol. The number of rotatable bonds is 6. The van der Waals surface area contributed by atoms with E-state index < -0.39 is 12.1 Å². The van der Waals surface area contributed by atoms with Crippen molar-refractivity contribution in [2.24, 2.45) is 0 Å². The fourth-order valence-electron chi connectivity index (χ4n) is 3.85. The number of carbonyl (C=O) groups is 2. The number of hydrogen-bond acceptors (Lipinski definition) is 5. The van der Waals surface area contributed by atoms with Gasteiger partial charge in [-0.05, 0) is 23.6 Å². The van der Waals surface area contributed by atoms with Crippen molar-refractivity contribution in [3.63, 3.8) is 0 Å². The number of aryl methyl sites for hydroxylation is 1. The summed E-state index contributed by atoms with van der Waals surface area (Å²) in [7, 11) is 0. The van der Waals surface area contributed by atoms with Crippen molar-refractivity contribution in [3.05, 3.63) is 71.7 Å². The van der Waals surface area contributed by atoms with Crippen LogP contribution in [0.4, 0.5) is 4.79 Å². The molecule has 3 heterocycles. The Labute approximate surface area is 178 Å². The third kappa shape index (κ3) is 3.56. The first-order chi connectivity index (χ1) is 15.1. The van der Waals surface area contributed by atoms with Crippen molar-refractivity contribution in [2.45, 2.75) is 32.4 Å². The minimum absolute atomic E-state index is 0.0604. The maximum Gasteiger partial charge on any atom is 0.325 e. The Hall–Kier alpha value is -3.94. The van der Waals surface area contributed by atoms with Gasteiger partial charge in [0.1, 0.15) is 12.6 Å². The summed E-state index contributed by atoms with van der Waals surface area (Å²) in [4.78, 5) is 34.0. The van der Waals surface area contributed by atoms with Crippen LogP contribution in [0.1, 0.15) is 23.9 Å². The highest BCUT2D eigenvalue weighted by molar-refractivity contribution is 6.04. The van der Waals surface area contributed by atoms with Crippen molar-refractivity contribution in [2.75, 3.05) is 0 Å². The second-order valence-electron chi connectivity index (χ2n) is 7.55. The van der Waals surface area contributed by atoms with Crippen LogP contribution in [-0.4, -0.2) is 38.0 Å². The minimum Gasteiger partial charge on any atom is -0.361 e. The van der Waals surface area contributed by atoms with Crippen LogP contribution in [0.5, 0.6) is 0 Å². The van der Waals surface area contributed by atoms with Gasteiger partial charge in [0.05, 0.1) is 0 Å². The van der Waals surface area contributed by atoms with E-state index in [1.54, 1.807) is 0 Å². The molecule has 8 nitrogen and oxygen atoms in total. The highest BCUT2D eigenvalue weighted by Crippen LogP contribution is 2.22. The summed E-state index contributed by atoms with van der Waals surface area (Å²) >= 11 is 0. The number of imide groups is 1. The Bertz CT molecular complexity index is 1260. The SMILES string of the molecule is CCc1ccc(-c2noc(CN3C(=O)N[C@H](Cc4c[nH]c5ccccc45)C3=O)n2)cc1. The first-order valence-corrected chi connectivity index (χ1v) is 10.2. The summed E-state index contributed by atoms with van der Waals surface area (Å²) in [5.74, 6) is 0.341. The summed E-state index contributed by atoms with van der Waals surface area (Å²) < 4.78 is 5.29. The van der Waals surface area contributed by atoms with Gasteiger partial charge in [0.15, 0.2) is 0 Å². The molecule has 3 amide bonds. The average Bonchev–Trinajstić information content (AvgIpc) is 3.50. The van der Waals surface area contributed by atoms with Crippen LogP contribution < -0.4 is 5.32 Å². The van der Waals surface area contributed by atoms with Crippen molar-refractivity contribution in [3.8, 4) is 11.4 Å². The van der Waals surface area contributed by atoms with E-state index in [1.807, 2.05) is 54.7 Å². The van der Waals surface area contributed by atoms with Crippen LogP contribution in [0.2, 0.25) is 0 Å². The molecule has 1 aliphatic heterocycles. The molecule has 1 fully saturated rings. The Kier molecular flexibility index (Phi) is 4.74. The highest BCUT2D eigenvalue weighted by Gasteiger charge is 2.39. The molecule has 0 saturated carbocycles. The number of amides is 3. The molecular formula is C23H21N5O3. The van der Waals surface area contributed by atoms with Gasteiger partial charge in [-0.2, -0.15) is 4.98 Å². The molecule has 0 spiro atoms. The minimum atomic E-state index is -0.629. The van der Waals surface area contributed by atoms with Gasteiger partial charge < -0.3 is 14.8 Å². The molecule has 1 atom stereocenters. The van der Waals surface area contributed by atoms with Gasteiger partial charge >= 0.3 is 6.03 Å². The Morgan fingerprint density at radius 1 is 1.10 bits per heavy atom. The second kappa shape index (κ2) is 7.71. The predicted octanol–water partition coefficient (Wildman–Crippen LogP) is 3.44. The predicted molar refractivity (Wildman–Crippen MR) is 114 cm³/mol. The zero-order chi connectivity index (χ0) is 21.4. The van der Waals surface area contributed by atoms with Crippen molar-refractivity contribution < 1.29 is 14.1 Å². The Balaban J connectivity index is 1.29. The topological polar surface area (TPSA) is 104 Å². The number of para-hydroxylation sites is 1. The number of nitrogens with zero attached hydrogens (tertiary/aromatic N) is 3. The fraction of sp³-hybridized carbons (Fsp3) is 0.217. The third-order valence-electron chi connectivity index (χ3n) is 5.59. The fourth-order valence-corrected chi connectivity index (χ4v) is 3.85. The molecule has 4 aromatic rings. The molecule has 0 bridgehead atoms. The average molecular weight is 415 g/mol. The lowest BCUT2D eigenvalue weighted by Gasteiger charge is -2.10. The Morgan fingerprint density at radius 2 is 1.90 bits per heavy atom. The zero-order valence-electron chi connectivity index (χ0n) is 17.0. The molecule has 0 radical (unpaired) electrons. The third-order valence-corrected chi connectivity index (χ3v) is 5.59. The smallest absolute Gasteiger partial charge is 0.325 e. The zero-order valence-corrected chi connectivity index (χ0v) is 17.0. The molecule has 8 heteroatoms. The van der Waals surface area contributed by atoms with Gasteiger partial charge in [-0.1, -0.05) is 54.5 Å². The van der Waals surface area contributed by atoms with Gasteiger partial charge in [-0.3, -0.25) is 9.69 Å². The van der Waals surface area contributed by atoms with E-state index in [9.17, 15) is 9.59 Å². The van der Waals surface area contributed by atoms with E-state index in [4.69, 9.17) is 4.52 Å². The number of aromatic amines is 1. The van der Waals surface area contributed by atoms with Crippen LogP contribution in [-0.2, 0) is 24.2 Å². The molecule has 1 aliphatic rings. The maximum atomic E-state index is 12.9. The first kappa shape index (κ1) is 19.0. The van der Waals surface area contributed by atoms with Crippen LogP contribution in [0.3, 0.4) is 0 Å². The number of urea groups is 1. The number of nitrogens with one attached hydrogen (secondary N) is 2. The lowest BCUT2D eigenvalue weighted by molar-refractivity contribution is -0.128. The molecule has 2 aromatic carbocycles. The van der Waals surface area contributed by atoms with E-state index in [0.29, 0.717) is 12.2 Å². The molecule has 5 rings (SSSR count). The molecule has 156 valence electrons. The molecule has 2 aromatic heterocycles. The van der Waals surface area contributed by atoms with E-state index in [2.05, 4.69) is 27.4 Å². The normalized spacial score (nSPS) is 16.3. The van der Waals surface area contributed by atoms with Crippen LogP contribution in [0, 0.1) is 0 Å². The summed E-state index contributed by atoms with van der Waals surface area (Å²) in [6.07, 6.45) is 3.23. The van der Waals surface area contributed by atoms with Gasteiger partial charge in [0.2, 0.25) is 11.7 Å². The molecule has 2 N–H and O–H groups in total. The van der Waals surface area contributed by atoms with Crippen LogP contribution in [0.25, 0.3) is 22.3 Å². The number of carbonyl (C=O) groups excluding carboxylic acids is 2. The largest absolute Gasteiger partial charge is 0.361 e. The van der Waals surface area contributed by atoms with E-state index in [1.165, 1.54) is 5.56 Å². The van der Waals surface area contributed by atoms with Crippen LogP contribution >= 0.6 is 0 Å². The maximum absolute atomic E-state index is 12.9. The number of H-pyrrole nitrogens is 1. The monoisotopic (exact) mass is 415 g/mol. The van der Waals surface area contributed by atoms with Crippen molar-refractivity contribution >= 4 is 22.8 Å². The van der Waals surface area contributed by atoms with Gasteiger partial charge in [-0.15, -0.1) is 0 Å². The van der Waals surface area contributed by atoms with Crippen molar-refractivity contribution in [1.29, 1.82) is 0 Å². The van der Waals surface area contributed by atoms with Crippen molar-refractivity contribution in [1.82, 2.24) is 25.3 Å². The summed E-state index contributed by atoms with van der Waals surface area (Å²) in [6, 6.07) is 14.7. The highest BCUT2D eigenvalue weighted by atomic mass is 16.5. The molecule has 31 heavy (non-hydrogen) atoms. The van der Waals surface area contributed by atoms with E-state index in [0.717, 1.165) is 33.4 Å². The lowest BCUT2D eigenvalue weighted by atomic mass is 10.1. The standard InChI is InChI=1S/C23H21N5O3/c1-2-14-7-9-15(10-8-14)21-26-20(31-27-21)13-28-22(29)19(25-23(28)30)11-16-12-24-18-6-4-3-5-17(16)18/h3-10,12,19,24H,2,11,13H2,1H3,(H,25,30)/t19-/m1/s1. The Morgan fingerprint density at radius 3 is 2.71 bits per heavy atom. The van der Waals surface area contributed by atoms with Gasteiger partial charge in [0, 0.05) is 29.1 Å². The molecule has 0 unspecified atom stereocenters. The number of benzene rings is 2. The quantitative estimate of drug-likeness (QED) is 0.470. The molecule has 0 aliphatic carbocycles. The number of aromatic nitrogens is 3. The van der Waals surface area contributed by atoms with E-state index >= 15 is 0 Å². The van der Waals surface area contributed by atoms with Gasteiger partial charge in [0.25, 0.3) is 5.91 Å². The summed E-state index contributed by atoms with van der Waals surface area (Å²) in [6.45, 7) is 2.03. The summed E-state index contributed by atoms with van der Waals surface area (Å²) in [5, 5.41) is 7.79. The lowest BCUT2D eigenvalue weighted by Crippen LogP contribution is -2.32. The first-order valence-electron chi connectivity index (χ1n) is 10.2. The summed E-state index contributed by atoms with van der Waals surface area (Å²) in [5.41, 5.74) is 4.01. The van der Waals surface area contributed by atoms with Gasteiger partial charge in [-0.25, -0.2) is 4.79 Å².